The third-order valence-corrected chi connectivity index (χ3v) is 4.36. The number of aliphatic carboxylic acids is 1. The zero-order valence-corrected chi connectivity index (χ0v) is 11.5. The normalized spacial score (nSPS) is 22.3. The minimum Gasteiger partial charge on any atom is -0.548 e. The van der Waals surface area contributed by atoms with Gasteiger partial charge in [-0.25, -0.2) is 0 Å². The molecule has 0 bridgehead atoms. The molecule has 1 aliphatic rings. The number of methoxy groups -OCH3 is 1. The van der Waals surface area contributed by atoms with E-state index in [9.17, 15) is 14.7 Å². The maximum absolute atomic E-state index is 11.7. The molecule has 102 valence electrons. The predicted molar refractivity (Wildman–Crippen MR) is 69.5 cm³/mol. The van der Waals surface area contributed by atoms with E-state index in [-0.39, 0.29) is 11.3 Å². The molecule has 0 saturated carbocycles. The Balaban J connectivity index is 2.27. The molecule has 0 aliphatic carbocycles. The van der Waals surface area contributed by atoms with Crippen molar-refractivity contribution in [2.24, 2.45) is 0 Å². The molecule has 5 nitrogen and oxygen atoms in total. The summed E-state index contributed by atoms with van der Waals surface area (Å²) in [5.41, 5.74) is 0.879. The van der Waals surface area contributed by atoms with Gasteiger partial charge in [0.1, 0.15) is 11.1 Å². The molecule has 1 amide bonds. The Morgan fingerprint density at radius 2 is 2.00 bits per heavy atom. The number of ether oxygens (including phenoxy) is 1. The average molecular weight is 280 g/mol. The summed E-state index contributed by atoms with van der Waals surface area (Å²) in [4.78, 5) is 24.1. The van der Waals surface area contributed by atoms with Crippen molar-refractivity contribution in [2.45, 2.75) is 18.3 Å². The van der Waals surface area contributed by atoms with Crippen LogP contribution >= 0.6 is 11.8 Å². The van der Waals surface area contributed by atoms with Gasteiger partial charge >= 0.3 is 0 Å². The number of rotatable bonds is 3. The quantitative estimate of drug-likeness (QED) is 0.802. The zero-order chi connectivity index (χ0) is 14.0. The van der Waals surface area contributed by atoms with Gasteiger partial charge in [-0.2, -0.15) is 0 Å². The van der Waals surface area contributed by atoms with E-state index in [1.807, 2.05) is 12.1 Å². The number of carbonyl (C=O) groups is 2. The first-order valence-corrected chi connectivity index (χ1v) is 6.84. The van der Waals surface area contributed by atoms with Gasteiger partial charge in [-0.3, -0.25) is 4.79 Å². The summed E-state index contributed by atoms with van der Waals surface area (Å²) in [6.45, 7) is 1.37. The van der Waals surface area contributed by atoms with Gasteiger partial charge in [-0.1, -0.05) is 12.1 Å². The summed E-state index contributed by atoms with van der Waals surface area (Å²) in [6.07, 6.45) is 0. The minimum atomic E-state index is -1.21. The standard InChI is InChI=1S/C13H15NO4S/c1-8(15)14-11(13(16)17)7-19-12(14)9-3-5-10(18-2)6-4-9/h3-6,11-12H,7H2,1-2H3,(H,16,17)/p-1/t11-,12-/m0/s1. The van der Waals surface area contributed by atoms with Crippen molar-refractivity contribution >= 4 is 23.6 Å². The number of nitrogens with zero attached hydrogens (tertiary/aromatic N) is 1. The number of benzene rings is 1. The second kappa shape index (κ2) is 5.52. The molecule has 0 spiro atoms. The van der Waals surface area contributed by atoms with Gasteiger partial charge in [0.25, 0.3) is 0 Å². The highest BCUT2D eigenvalue weighted by Gasteiger charge is 2.37. The molecular formula is C13H14NO4S-. The number of carboxylic acid groups (broad SMARTS) is 1. The van der Waals surface area contributed by atoms with Crippen molar-refractivity contribution in [3.63, 3.8) is 0 Å². The molecule has 1 fully saturated rings. The number of amides is 1. The third kappa shape index (κ3) is 2.68. The van der Waals surface area contributed by atoms with Crippen LogP contribution in [0, 0.1) is 0 Å². The Kier molecular flexibility index (Phi) is 3.99. The highest BCUT2D eigenvalue weighted by atomic mass is 32.2. The molecule has 19 heavy (non-hydrogen) atoms. The molecule has 0 unspecified atom stereocenters. The number of hydrogen-bond acceptors (Lipinski definition) is 5. The van der Waals surface area contributed by atoms with Gasteiger partial charge in [0.2, 0.25) is 5.91 Å². The first-order chi connectivity index (χ1) is 9.04. The van der Waals surface area contributed by atoms with Crippen molar-refractivity contribution in [2.75, 3.05) is 12.9 Å². The fraction of sp³-hybridized carbons (Fsp3) is 0.385. The van der Waals surface area contributed by atoms with Gasteiger partial charge in [-0.15, -0.1) is 11.8 Å². The lowest BCUT2D eigenvalue weighted by Gasteiger charge is -2.29. The van der Waals surface area contributed by atoms with E-state index in [1.54, 1.807) is 19.2 Å². The molecule has 6 heteroatoms. The van der Waals surface area contributed by atoms with Crippen LogP contribution in [0.4, 0.5) is 0 Å². The predicted octanol–water partition coefficient (Wildman–Crippen LogP) is 0.408. The fourth-order valence-corrected chi connectivity index (χ4v) is 3.56. The first kappa shape index (κ1) is 13.7. The zero-order valence-electron chi connectivity index (χ0n) is 10.7. The Labute approximate surface area is 115 Å². The van der Waals surface area contributed by atoms with E-state index in [4.69, 9.17) is 4.74 Å². The lowest BCUT2D eigenvalue weighted by atomic mass is 10.1. The van der Waals surface area contributed by atoms with Gasteiger partial charge in [0.05, 0.1) is 19.1 Å². The number of carbonyl (C=O) groups excluding carboxylic acids is 2. The van der Waals surface area contributed by atoms with Crippen molar-refractivity contribution in [3.8, 4) is 5.75 Å². The van der Waals surface area contributed by atoms with E-state index in [1.165, 1.54) is 23.6 Å². The van der Waals surface area contributed by atoms with Crippen LogP contribution in [0.5, 0.6) is 5.75 Å². The summed E-state index contributed by atoms with van der Waals surface area (Å²) in [5, 5.41) is 10.8. The lowest BCUT2D eigenvalue weighted by molar-refractivity contribution is -0.310. The first-order valence-electron chi connectivity index (χ1n) is 5.80. The largest absolute Gasteiger partial charge is 0.548 e. The molecule has 2 rings (SSSR count). The SMILES string of the molecule is COc1ccc([C@@H]2SC[C@@H](C(=O)[O-])N2C(C)=O)cc1. The van der Waals surface area contributed by atoms with Crippen LogP contribution in [0.15, 0.2) is 24.3 Å². The van der Waals surface area contributed by atoms with Crippen molar-refractivity contribution in [3.05, 3.63) is 29.8 Å². The van der Waals surface area contributed by atoms with Crippen molar-refractivity contribution in [1.29, 1.82) is 0 Å². The Hall–Kier alpha value is -1.69. The minimum absolute atomic E-state index is 0.264. The van der Waals surface area contributed by atoms with Gasteiger partial charge in [-0.05, 0) is 17.7 Å². The van der Waals surface area contributed by atoms with Crippen LogP contribution in [-0.2, 0) is 9.59 Å². The van der Waals surface area contributed by atoms with Crippen LogP contribution < -0.4 is 9.84 Å². The van der Waals surface area contributed by atoms with Crippen LogP contribution in [0.25, 0.3) is 0 Å². The van der Waals surface area contributed by atoms with Gasteiger partial charge in [0.15, 0.2) is 0 Å². The average Bonchev–Trinajstić information content (AvgIpc) is 2.83. The second-order valence-electron chi connectivity index (χ2n) is 4.22. The maximum atomic E-state index is 11.7. The number of hydrogen-bond donors (Lipinski definition) is 0. The Bertz CT molecular complexity index is 488. The highest BCUT2D eigenvalue weighted by molar-refractivity contribution is 7.99. The summed E-state index contributed by atoms with van der Waals surface area (Å²) >= 11 is 1.43. The fourth-order valence-electron chi connectivity index (χ4n) is 2.10. The summed E-state index contributed by atoms with van der Waals surface area (Å²) in [7, 11) is 1.58. The topological polar surface area (TPSA) is 69.7 Å². The van der Waals surface area contributed by atoms with Crippen LogP contribution in [0.3, 0.4) is 0 Å². The second-order valence-corrected chi connectivity index (χ2v) is 5.33. The Morgan fingerprint density at radius 3 is 2.47 bits per heavy atom. The molecule has 1 aromatic carbocycles. The maximum Gasteiger partial charge on any atom is 0.221 e. The van der Waals surface area contributed by atoms with E-state index < -0.39 is 12.0 Å². The lowest BCUT2D eigenvalue weighted by Crippen LogP contribution is -2.48. The molecule has 2 atom stereocenters. The van der Waals surface area contributed by atoms with Crippen molar-refractivity contribution in [1.82, 2.24) is 4.90 Å². The van der Waals surface area contributed by atoms with E-state index in [0.29, 0.717) is 5.75 Å². The molecule has 0 radical (unpaired) electrons. The smallest absolute Gasteiger partial charge is 0.221 e. The van der Waals surface area contributed by atoms with E-state index in [2.05, 4.69) is 0 Å². The summed E-state index contributed by atoms with van der Waals surface area (Å²) < 4.78 is 5.07. The van der Waals surface area contributed by atoms with Crippen LogP contribution in [0.1, 0.15) is 17.9 Å². The molecule has 1 heterocycles. The monoisotopic (exact) mass is 280 g/mol. The Morgan fingerprint density at radius 1 is 1.37 bits per heavy atom. The highest BCUT2D eigenvalue weighted by Crippen LogP contribution is 2.41. The van der Waals surface area contributed by atoms with Crippen LogP contribution in [0.2, 0.25) is 0 Å². The van der Waals surface area contributed by atoms with Crippen LogP contribution in [-0.4, -0.2) is 35.7 Å². The molecule has 0 aromatic heterocycles. The van der Waals surface area contributed by atoms with Crippen molar-refractivity contribution < 1.29 is 19.4 Å². The summed E-state index contributed by atoms with van der Waals surface area (Å²) in [6, 6.07) is 6.39. The van der Waals surface area contributed by atoms with Gasteiger partial charge < -0.3 is 19.5 Å². The molecular weight excluding hydrogens is 266 g/mol. The third-order valence-electron chi connectivity index (χ3n) is 3.04. The summed E-state index contributed by atoms with van der Waals surface area (Å²) in [5.74, 6) is -0.408. The molecule has 1 aliphatic heterocycles. The van der Waals surface area contributed by atoms with E-state index in [0.717, 1.165) is 11.3 Å². The molecule has 1 aromatic rings. The van der Waals surface area contributed by atoms with E-state index >= 15 is 0 Å². The molecule has 0 N–H and O–H groups in total. The number of carboxylic acids is 1. The number of thioether (sulfide) groups is 1. The van der Waals surface area contributed by atoms with Gasteiger partial charge in [0, 0.05) is 12.7 Å². The molecule has 1 saturated heterocycles.